The highest BCUT2D eigenvalue weighted by molar-refractivity contribution is 7.09. The van der Waals surface area contributed by atoms with E-state index in [4.69, 9.17) is 17.3 Å². The van der Waals surface area contributed by atoms with E-state index in [-0.39, 0.29) is 0 Å². The van der Waals surface area contributed by atoms with Crippen molar-refractivity contribution in [2.24, 2.45) is 5.73 Å². The normalized spacial score (nSPS) is 10.6. The van der Waals surface area contributed by atoms with Crippen LogP contribution in [0.4, 0.5) is 5.82 Å². The lowest BCUT2D eigenvalue weighted by Gasteiger charge is -2.18. The van der Waals surface area contributed by atoms with Crippen LogP contribution in [0, 0.1) is 0 Å². The number of hydrogen-bond donors (Lipinski definition) is 1. The lowest BCUT2D eigenvalue weighted by Crippen LogP contribution is -2.21. The van der Waals surface area contributed by atoms with Gasteiger partial charge in [0.05, 0.1) is 10.7 Å². The summed E-state index contributed by atoms with van der Waals surface area (Å²) in [5.74, 6) is 0.913. The second-order valence-corrected chi connectivity index (χ2v) is 5.49. The molecule has 0 aromatic carbocycles. The molecule has 0 radical (unpaired) electrons. The van der Waals surface area contributed by atoms with Gasteiger partial charge in [-0.15, -0.1) is 11.3 Å². The third kappa shape index (κ3) is 3.22. The fourth-order valence-corrected chi connectivity index (χ4v) is 2.56. The molecule has 3 nitrogen and oxygen atoms in total. The topological polar surface area (TPSA) is 42.1 Å². The van der Waals surface area contributed by atoms with Crippen LogP contribution in [0.15, 0.2) is 29.6 Å². The van der Waals surface area contributed by atoms with Gasteiger partial charge in [-0.3, -0.25) is 0 Å². The number of pyridine rings is 1. The van der Waals surface area contributed by atoms with Gasteiger partial charge in [-0.25, -0.2) is 4.98 Å². The first-order chi connectivity index (χ1) is 8.70. The number of aromatic nitrogens is 1. The average Bonchev–Trinajstić information content (AvgIpc) is 2.89. The summed E-state index contributed by atoms with van der Waals surface area (Å²) in [5.41, 5.74) is 6.35. The minimum atomic E-state index is 0.367. The van der Waals surface area contributed by atoms with E-state index < -0.39 is 0 Å². The first-order valence-electron chi connectivity index (χ1n) is 5.79. The van der Waals surface area contributed by atoms with Gasteiger partial charge in [0.15, 0.2) is 0 Å². The number of halogens is 1. The minimum absolute atomic E-state index is 0.367. The summed E-state index contributed by atoms with van der Waals surface area (Å²) < 4.78 is 0. The van der Waals surface area contributed by atoms with E-state index in [9.17, 15) is 0 Å². The van der Waals surface area contributed by atoms with Gasteiger partial charge in [0, 0.05) is 25.0 Å². The summed E-state index contributed by atoms with van der Waals surface area (Å²) in [7, 11) is 2.03. The molecule has 0 amide bonds. The van der Waals surface area contributed by atoms with Gasteiger partial charge in [0.1, 0.15) is 5.82 Å². The number of nitrogens with two attached hydrogens (primary N) is 1. The number of thiophene rings is 1. The zero-order valence-electron chi connectivity index (χ0n) is 10.3. The predicted octanol–water partition coefficient (Wildman–Crippen LogP) is 2.93. The van der Waals surface area contributed by atoms with Crippen molar-refractivity contribution in [3.63, 3.8) is 0 Å². The Labute approximate surface area is 116 Å². The van der Waals surface area contributed by atoms with Crippen LogP contribution in [0.1, 0.15) is 10.6 Å². The molecule has 2 rings (SSSR count). The van der Waals surface area contributed by atoms with E-state index >= 15 is 0 Å². The Kier molecular flexibility index (Phi) is 4.58. The number of rotatable bonds is 5. The second-order valence-electron chi connectivity index (χ2n) is 4.05. The smallest absolute Gasteiger partial charge is 0.128 e. The summed E-state index contributed by atoms with van der Waals surface area (Å²) in [6.07, 6.45) is 1.02. The summed E-state index contributed by atoms with van der Waals surface area (Å²) >= 11 is 7.78. The maximum absolute atomic E-state index is 6.00. The zero-order valence-corrected chi connectivity index (χ0v) is 11.8. The molecule has 5 heteroatoms. The van der Waals surface area contributed by atoms with Crippen LogP contribution in [-0.2, 0) is 13.0 Å². The van der Waals surface area contributed by atoms with Crippen molar-refractivity contribution in [3.8, 4) is 0 Å². The Bertz CT molecular complexity index is 499. The van der Waals surface area contributed by atoms with Gasteiger partial charge in [-0.05, 0) is 30.0 Å². The van der Waals surface area contributed by atoms with Gasteiger partial charge < -0.3 is 10.6 Å². The summed E-state index contributed by atoms with van der Waals surface area (Å²) in [6, 6.07) is 8.01. The van der Waals surface area contributed by atoms with E-state index in [2.05, 4.69) is 27.4 Å². The Morgan fingerprint density at radius 3 is 2.89 bits per heavy atom. The van der Waals surface area contributed by atoms with Crippen LogP contribution in [0.2, 0.25) is 5.02 Å². The molecule has 0 spiro atoms. The molecule has 0 atom stereocenters. The number of likely N-dealkylation sites (N-methyl/N-ethyl adjacent to an activating group) is 1. The fourth-order valence-electron chi connectivity index (χ4n) is 1.68. The molecular weight excluding hydrogens is 266 g/mol. The highest BCUT2D eigenvalue weighted by Gasteiger charge is 2.06. The van der Waals surface area contributed by atoms with Gasteiger partial charge in [0.2, 0.25) is 0 Å². The molecular formula is C13H16ClN3S. The van der Waals surface area contributed by atoms with Gasteiger partial charge >= 0.3 is 0 Å². The standard InChI is InChI=1S/C13H16ClN3S/c1-17(7-6-10-3-2-8-18-10)13-5-4-11(14)12(9-15)16-13/h2-5,8H,6-7,9,15H2,1H3. The Morgan fingerprint density at radius 2 is 2.22 bits per heavy atom. The Balaban J connectivity index is 2.02. The molecule has 96 valence electrons. The van der Waals surface area contributed by atoms with Crippen molar-refractivity contribution in [1.82, 2.24) is 4.98 Å². The van der Waals surface area contributed by atoms with Gasteiger partial charge in [-0.2, -0.15) is 0 Å². The molecule has 0 saturated heterocycles. The average molecular weight is 282 g/mol. The molecule has 0 aliphatic heterocycles. The van der Waals surface area contributed by atoms with Crippen LogP contribution in [0.5, 0.6) is 0 Å². The van der Waals surface area contributed by atoms with Crippen molar-refractivity contribution in [2.45, 2.75) is 13.0 Å². The highest BCUT2D eigenvalue weighted by atomic mass is 35.5. The van der Waals surface area contributed by atoms with Crippen LogP contribution in [0.3, 0.4) is 0 Å². The predicted molar refractivity (Wildman–Crippen MR) is 78.4 cm³/mol. The van der Waals surface area contributed by atoms with Crippen molar-refractivity contribution in [2.75, 3.05) is 18.5 Å². The van der Waals surface area contributed by atoms with Crippen molar-refractivity contribution in [3.05, 3.63) is 45.2 Å². The quantitative estimate of drug-likeness (QED) is 0.916. The lowest BCUT2D eigenvalue weighted by atomic mass is 10.3. The monoisotopic (exact) mass is 281 g/mol. The molecule has 2 aromatic heterocycles. The highest BCUT2D eigenvalue weighted by Crippen LogP contribution is 2.19. The van der Waals surface area contributed by atoms with Crippen molar-refractivity contribution in [1.29, 1.82) is 0 Å². The number of hydrogen-bond acceptors (Lipinski definition) is 4. The Morgan fingerprint density at radius 1 is 1.39 bits per heavy atom. The molecule has 0 aliphatic rings. The lowest BCUT2D eigenvalue weighted by molar-refractivity contribution is 0.856. The van der Waals surface area contributed by atoms with Crippen LogP contribution in [0.25, 0.3) is 0 Å². The van der Waals surface area contributed by atoms with E-state index in [1.54, 1.807) is 11.3 Å². The van der Waals surface area contributed by atoms with E-state index in [0.29, 0.717) is 11.6 Å². The Hall–Kier alpha value is -1.10. The largest absolute Gasteiger partial charge is 0.359 e. The summed E-state index contributed by atoms with van der Waals surface area (Å²) in [6.45, 7) is 1.30. The minimum Gasteiger partial charge on any atom is -0.359 e. The van der Waals surface area contributed by atoms with Gasteiger partial charge in [0.25, 0.3) is 0 Å². The fraction of sp³-hybridized carbons (Fsp3) is 0.308. The van der Waals surface area contributed by atoms with Crippen LogP contribution < -0.4 is 10.6 Å². The molecule has 0 unspecified atom stereocenters. The summed E-state index contributed by atoms with van der Waals surface area (Å²) in [5, 5.41) is 2.73. The second kappa shape index (κ2) is 6.18. The van der Waals surface area contributed by atoms with Crippen LogP contribution >= 0.6 is 22.9 Å². The van der Waals surface area contributed by atoms with E-state index in [1.807, 2.05) is 19.2 Å². The SMILES string of the molecule is CN(CCc1cccs1)c1ccc(Cl)c(CN)n1. The molecule has 2 heterocycles. The molecule has 18 heavy (non-hydrogen) atoms. The molecule has 0 aliphatic carbocycles. The summed E-state index contributed by atoms with van der Waals surface area (Å²) in [4.78, 5) is 7.97. The molecule has 0 fully saturated rings. The maximum Gasteiger partial charge on any atom is 0.128 e. The van der Waals surface area contributed by atoms with E-state index in [0.717, 1.165) is 24.5 Å². The van der Waals surface area contributed by atoms with E-state index in [1.165, 1.54) is 4.88 Å². The number of anilines is 1. The maximum atomic E-state index is 6.00. The third-order valence-corrected chi connectivity index (χ3v) is 4.04. The first-order valence-corrected chi connectivity index (χ1v) is 7.05. The molecule has 2 N–H and O–H groups in total. The van der Waals surface area contributed by atoms with Gasteiger partial charge in [-0.1, -0.05) is 17.7 Å². The zero-order chi connectivity index (χ0) is 13.0. The van der Waals surface area contributed by atoms with Crippen LogP contribution in [-0.4, -0.2) is 18.6 Å². The molecule has 0 saturated carbocycles. The van der Waals surface area contributed by atoms with Crippen molar-refractivity contribution >= 4 is 28.8 Å². The third-order valence-electron chi connectivity index (χ3n) is 2.76. The first kappa shape index (κ1) is 13.3. The molecule has 0 bridgehead atoms. The van der Waals surface area contributed by atoms with Crippen molar-refractivity contribution < 1.29 is 0 Å². The molecule has 2 aromatic rings. The number of nitrogens with zero attached hydrogens (tertiary/aromatic N) is 2.